The number of para-hydroxylation sites is 1. The summed E-state index contributed by atoms with van der Waals surface area (Å²) in [4.78, 5) is 10.7. The first-order valence-electron chi connectivity index (χ1n) is 5.08. The molecule has 16 heavy (non-hydrogen) atoms. The van der Waals surface area contributed by atoms with E-state index >= 15 is 0 Å². The van der Waals surface area contributed by atoms with Gasteiger partial charge in [-0.25, -0.2) is 0 Å². The largest absolute Gasteiger partial charge is 0.492 e. The van der Waals surface area contributed by atoms with Crippen molar-refractivity contribution in [1.29, 1.82) is 0 Å². The SMILES string of the molecule is O=Cc1ccccc1OCCc1ccsc1. The Bertz CT molecular complexity index is 449. The second kappa shape index (κ2) is 5.47. The van der Waals surface area contributed by atoms with Crippen molar-refractivity contribution in [3.63, 3.8) is 0 Å². The molecule has 0 radical (unpaired) electrons. The normalized spacial score (nSPS) is 10.0. The average Bonchev–Trinajstić information content (AvgIpc) is 2.83. The minimum absolute atomic E-state index is 0.599. The minimum Gasteiger partial charge on any atom is -0.492 e. The van der Waals surface area contributed by atoms with Crippen LogP contribution >= 0.6 is 11.3 Å². The summed E-state index contributed by atoms with van der Waals surface area (Å²) < 4.78 is 5.57. The molecule has 3 heteroatoms. The molecule has 1 aromatic heterocycles. The van der Waals surface area contributed by atoms with Gasteiger partial charge in [0.05, 0.1) is 12.2 Å². The van der Waals surface area contributed by atoms with Gasteiger partial charge in [0, 0.05) is 6.42 Å². The Labute approximate surface area is 98.5 Å². The number of carbonyl (C=O) groups excluding carboxylic acids is 1. The standard InChI is InChI=1S/C13H12O2S/c14-9-12-3-1-2-4-13(12)15-7-5-11-6-8-16-10-11/h1-4,6,8-10H,5,7H2. The van der Waals surface area contributed by atoms with E-state index < -0.39 is 0 Å². The molecule has 0 saturated carbocycles. The van der Waals surface area contributed by atoms with Crippen LogP contribution in [0.5, 0.6) is 5.75 Å². The lowest BCUT2D eigenvalue weighted by atomic mass is 10.2. The Kier molecular flexibility index (Phi) is 3.72. The fourth-order valence-electron chi connectivity index (χ4n) is 1.42. The highest BCUT2D eigenvalue weighted by molar-refractivity contribution is 7.07. The summed E-state index contributed by atoms with van der Waals surface area (Å²) in [5, 5.41) is 4.16. The molecule has 0 bridgehead atoms. The fourth-order valence-corrected chi connectivity index (χ4v) is 2.13. The lowest BCUT2D eigenvalue weighted by Crippen LogP contribution is -2.02. The molecule has 0 spiro atoms. The van der Waals surface area contributed by atoms with Crippen molar-refractivity contribution in [3.05, 3.63) is 52.2 Å². The van der Waals surface area contributed by atoms with Gasteiger partial charge in [0.25, 0.3) is 0 Å². The Morgan fingerprint density at radius 2 is 2.12 bits per heavy atom. The molecular formula is C13H12O2S. The molecule has 0 amide bonds. The third kappa shape index (κ3) is 2.70. The van der Waals surface area contributed by atoms with Gasteiger partial charge < -0.3 is 4.74 Å². The highest BCUT2D eigenvalue weighted by atomic mass is 32.1. The molecule has 1 heterocycles. The van der Waals surface area contributed by atoms with E-state index in [0.29, 0.717) is 17.9 Å². The lowest BCUT2D eigenvalue weighted by Gasteiger charge is -2.07. The molecule has 0 N–H and O–H groups in total. The van der Waals surface area contributed by atoms with Gasteiger partial charge in [0.15, 0.2) is 6.29 Å². The van der Waals surface area contributed by atoms with Gasteiger partial charge in [0.2, 0.25) is 0 Å². The summed E-state index contributed by atoms with van der Waals surface area (Å²) in [6, 6.07) is 9.35. The molecule has 2 nitrogen and oxygen atoms in total. The van der Waals surface area contributed by atoms with Crippen LogP contribution in [-0.4, -0.2) is 12.9 Å². The van der Waals surface area contributed by atoms with Crippen molar-refractivity contribution in [1.82, 2.24) is 0 Å². The Hall–Kier alpha value is -1.61. The van der Waals surface area contributed by atoms with Crippen molar-refractivity contribution in [2.75, 3.05) is 6.61 Å². The summed E-state index contributed by atoms with van der Waals surface area (Å²) in [6.07, 6.45) is 1.69. The van der Waals surface area contributed by atoms with Crippen molar-refractivity contribution >= 4 is 17.6 Å². The van der Waals surface area contributed by atoms with Crippen molar-refractivity contribution in [3.8, 4) is 5.75 Å². The van der Waals surface area contributed by atoms with E-state index in [4.69, 9.17) is 4.74 Å². The van der Waals surface area contributed by atoms with Crippen LogP contribution in [0.4, 0.5) is 0 Å². The van der Waals surface area contributed by atoms with Gasteiger partial charge in [-0.1, -0.05) is 12.1 Å². The summed E-state index contributed by atoms with van der Waals surface area (Å²) in [5.74, 6) is 0.660. The van der Waals surface area contributed by atoms with Crippen molar-refractivity contribution < 1.29 is 9.53 Å². The maximum Gasteiger partial charge on any atom is 0.153 e. The molecule has 0 fully saturated rings. The quantitative estimate of drug-likeness (QED) is 0.740. The van der Waals surface area contributed by atoms with Gasteiger partial charge in [-0.3, -0.25) is 4.79 Å². The third-order valence-electron chi connectivity index (χ3n) is 2.27. The first-order chi connectivity index (χ1) is 7.90. The highest BCUT2D eigenvalue weighted by Gasteiger charge is 2.01. The molecule has 82 valence electrons. The highest BCUT2D eigenvalue weighted by Crippen LogP contribution is 2.16. The van der Waals surface area contributed by atoms with E-state index in [2.05, 4.69) is 16.8 Å². The molecule has 1 aromatic carbocycles. The van der Waals surface area contributed by atoms with Crippen LogP contribution in [0, 0.1) is 0 Å². The van der Waals surface area contributed by atoms with Crippen molar-refractivity contribution in [2.24, 2.45) is 0 Å². The predicted molar refractivity (Wildman–Crippen MR) is 65.3 cm³/mol. The number of aldehydes is 1. The second-order valence-corrected chi connectivity index (χ2v) is 4.17. The van der Waals surface area contributed by atoms with E-state index in [1.165, 1.54) is 5.56 Å². The van der Waals surface area contributed by atoms with Gasteiger partial charge >= 0.3 is 0 Å². The van der Waals surface area contributed by atoms with Crippen LogP contribution in [0.25, 0.3) is 0 Å². The number of rotatable bonds is 5. The number of ether oxygens (including phenoxy) is 1. The van der Waals surface area contributed by atoms with E-state index in [1.54, 1.807) is 17.4 Å². The molecule has 0 unspecified atom stereocenters. The fraction of sp³-hybridized carbons (Fsp3) is 0.154. The summed E-state index contributed by atoms with van der Waals surface area (Å²) in [6.45, 7) is 0.599. The maximum atomic E-state index is 10.7. The first-order valence-corrected chi connectivity index (χ1v) is 6.02. The summed E-state index contributed by atoms with van der Waals surface area (Å²) in [5.41, 5.74) is 1.88. The predicted octanol–water partition coefficient (Wildman–Crippen LogP) is 3.18. The summed E-state index contributed by atoms with van der Waals surface area (Å²) in [7, 11) is 0. The van der Waals surface area contributed by atoms with Gasteiger partial charge in [-0.15, -0.1) is 0 Å². The molecule has 0 aliphatic carbocycles. The zero-order valence-electron chi connectivity index (χ0n) is 8.76. The van der Waals surface area contributed by atoms with E-state index in [-0.39, 0.29) is 0 Å². The van der Waals surface area contributed by atoms with Crippen LogP contribution in [0.1, 0.15) is 15.9 Å². The van der Waals surface area contributed by atoms with Gasteiger partial charge in [0.1, 0.15) is 5.75 Å². The third-order valence-corrected chi connectivity index (χ3v) is 3.01. The van der Waals surface area contributed by atoms with E-state index in [1.807, 2.05) is 18.2 Å². The minimum atomic E-state index is 0.599. The van der Waals surface area contributed by atoms with E-state index in [0.717, 1.165) is 12.7 Å². The molecule has 2 aromatic rings. The number of benzene rings is 1. The van der Waals surface area contributed by atoms with Crippen LogP contribution in [0.3, 0.4) is 0 Å². The van der Waals surface area contributed by atoms with Crippen LogP contribution in [-0.2, 0) is 6.42 Å². The molecule has 2 rings (SSSR count). The zero-order valence-corrected chi connectivity index (χ0v) is 9.57. The van der Waals surface area contributed by atoms with Crippen LogP contribution < -0.4 is 4.74 Å². The topological polar surface area (TPSA) is 26.3 Å². The van der Waals surface area contributed by atoms with Crippen LogP contribution in [0.2, 0.25) is 0 Å². The zero-order chi connectivity index (χ0) is 11.2. The Morgan fingerprint density at radius 3 is 2.88 bits per heavy atom. The molecular weight excluding hydrogens is 220 g/mol. The van der Waals surface area contributed by atoms with Gasteiger partial charge in [-0.2, -0.15) is 11.3 Å². The smallest absolute Gasteiger partial charge is 0.153 e. The van der Waals surface area contributed by atoms with Gasteiger partial charge in [-0.05, 0) is 34.5 Å². The first kappa shape index (κ1) is 10.9. The molecule has 0 aliphatic rings. The number of hydrogen-bond acceptors (Lipinski definition) is 3. The number of thiophene rings is 1. The monoisotopic (exact) mass is 232 g/mol. The number of hydrogen-bond donors (Lipinski definition) is 0. The maximum absolute atomic E-state index is 10.7. The lowest BCUT2D eigenvalue weighted by molar-refractivity contribution is 0.111. The Balaban J connectivity index is 1.92. The second-order valence-electron chi connectivity index (χ2n) is 3.39. The van der Waals surface area contributed by atoms with Crippen molar-refractivity contribution in [2.45, 2.75) is 6.42 Å². The molecule has 0 atom stereocenters. The average molecular weight is 232 g/mol. The Morgan fingerprint density at radius 1 is 1.25 bits per heavy atom. The molecule has 0 saturated heterocycles. The van der Waals surface area contributed by atoms with Crippen LogP contribution in [0.15, 0.2) is 41.1 Å². The van der Waals surface area contributed by atoms with E-state index in [9.17, 15) is 4.79 Å². The summed E-state index contributed by atoms with van der Waals surface area (Å²) >= 11 is 1.68. The number of carbonyl (C=O) groups is 1. The molecule has 0 aliphatic heterocycles.